The van der Waals surface area contributed by atoms with Gasteiger partial charge in [-0.15, -0.1) is 11.3 Å². The van der Waals surface area contributed by atoms with Crippen LogP contribution < -0.4 is 0 Å². The maximum Gasteiger partial charge on any atom is 0.326 e. The van der Waals surface area contributed by atoms with Crippen molar-refractivity contribution in [2.24, 2.45) is 0 Å². The lowest BCUT2D eigenvalue weighted by molar-refractivity contribution is -0.150. The first-order valence-electron chi connectivity index (χ1n) is 8.49. The molecule has 1 aromatic carbocycles. The molecule has 0 spiro atoms. The van der Waals surface area contributed by atoms with Gasteiger partial charge in [0, 0.05) is 17.2 Å². The Bertz CT molecular complexity index is 817. The Hall–Kier alpha value is -2.67. The minimum absolute atomic E-state index is 0.328. The molecule has 1 aliphatic rings. The van der Waals surface area contributed by atoms with Crippen molar-refractivity contribution >= 4 is 28.8 Å². The highest BCUT2D eigenvalue weighted by Crippen LogP contribution is 2.45. The van der Waals surface area contributed by atoms with Gasteiger partial charge in [-0.2, -0.15) is 0 Å². The molecular formula is C19H20N2O4S. The van der Waals surface area contributed by atoms with Crippen LogP contribution in [0.5, 0.6) is 0 Å². The molecule has 2 unspecified atom stereocenters. The SMILES string of the molecule is CCCCC(C(=O)O)N1C(=O)C(O)=C(c2ccccc2)C1c1nccs1. The lowest BCUT2D eigenvalue weighted by Gasteiger charge is -2.30. The minimum atomic E-state index is -1.07. The van der Waals surface area contributed by atoms with Crippen LogP contribution in [-0.4, -0.2) is 38.0 Å². The number of aromatic nitrogens is 1. The standard InChI is InChI=1S/C19H20N2O4S/c1-2-3-9-13(19(24)25)21-15(17-20-10-11-26-17)14(16(22)18(21)23)12-7-5-4-6-8-12/h4-8,10-11,13,15,22H,2-3,9H2,1H3,(H,24,25). The van der Waals surface area contributed by atoms with Crippen molar-refractivity contribution in [1.82, 2.24) is 9.88 Å². The Kier molecular flexibility index (Phi) is 5.37. The largest absolute Gasteiger partial charge is 0.503 e. The molecule has 7 heteroatoms. The maximum absolute atomic E-state index is 12.8. The van der Waals surface area contributed by atoms with Crippen LogP contribution in [0.25, 0.3) is 5.57 Å². The molecule has 1 aromatic heterocycles. The van der Waals surface area contributed by atoms with Crippen molar-refractivity contribution in [3.63, 3.8) is 0 Å². The lowest BCUT2D eigenvalue weighted by Crippen LogP contribution is -2.44. The van der Waals surface area contributed by atoms with Gasteiger partial charge in [-0.05, 0) is 12.0 Å². The summed E-state index contributed by atoms with van der Waals surface area (Å²) in [7, 11) is 0. The number of carboxylic acids is 1. The predicted octanol–water partition coefficient (Wildman–Crippen LogP) is 3.64. The summed E-state index contributed by atoms with van der Waals surface area (Å²) in [6.07, 6.45) is 3.43. The van der Waals surface area contributed by atoms with E-state index in [0.29, 0.717) is 29.0 Å². The zero-order valence-electron chi connectivity index (χ0n) is 14.3. The first-order chi connectivity index (χ1) is 12.6. The first-order valence-corrected chi connectivity index (χ1v) is 9.37. The Morgan fingerprint density at radius 3 is 2.65 bits per heavy atom. The van der Waals surface area contributed by atoms with E-state index in [1.165, 1.54) is 16.2 Å². The van der Waals surface area contributed by atoms with Crippen molar-refractivity contribution in [2.75, 3.05) is 0 Å². The average Bonchev–Trinajstić information content (AvgIpc) is 3.25. The molecular weight excluding hydrogens is 352 g/mol. The number of amides is 1. The molecule has 2 atom stereocenters. The Balaban J connectivity index is 2.11. The molecule has 0 saturated carbocycles. The van der Waals surface area contributed by atoms with E-state index in [-0.39, 0.29) is 0 Å². The number of thiazole rings is 1. The number of carboxylic acid groups (broad SMARTS) is 1. The fraction of sp³-hybridized carbons (Fsp3) is 0.316. The van der Waals surface area contributed by atoms with Gasteiger partial charge in [-0.25, -0.2) is 9.78 Å². The number of benzene rings is 1. The summed E-state index contributed by atoms with van der Waals surface area (Å²) in [5.41, 5.74) is 1.09. The molecule has 1 amide bonds. The molecule has 0 saturated heterocycles. The monoisotopic (exact) mass is 372 g/mol. The van der Waals surface area contributed by atoms with Crippen LogP contribution in [-0.2, 0) is 9.59 Å². The molecule has 2 heterocycles. The number of unbranched alkanes of at least 4 members (excludes halogenated alkanes) is 1. The number of aliphatic hydroxyl groups excluding tert-OH is 1. The molecule has 0 aliphatic carbocycles. The van der Waals surface area contributed by atoms with Crippen molar-refractivity contribution < 1.29 is 19.8 Å². The van der Waals surface area contributed by atoms with E-state index in [4.69, 9.17) is 0 Å². The highest BCUT2D eigenvalue weighted by atomic mass is 32.1. The van der Waals surface area contributed by atoms with E-state index in [0.717, 1.165) is 6.42 Å². The van der Waals surface area contributed by atoms with Crippen LogP contribution in [0.2, 0.25) is 0 Å². The highest BCUT2D eigenvalue weighted by molar-refractivity contribution is 7.09. The molecule has 0 bridgehead atoms. The number of carbonyl (C=O) groups excluding carboxylic acids is 1. The van der Waals surface area contributed by atoms with Gasteiger partial charge in [0.05, 0.1) is 0 Å². The summed E-state index contributed by atoms with van der Waals surface area (Å²) < 4.78 is 0. The van der Waals surface area contributed by atoms with Crippen LogP contribution in [0.1, 0.15) is 42.8 Å². The molecule has 6 nitrogen and oxygen atoms in total. The minimum Gasteiger partial charge on any atom is -0.503 e. The summed E-state index contributed by atoms with van der Waals surface area (Å²) in [6.45, 7) is 1.97. The summed E-state index contributed by atoms with van der Waals surface area (Å²) in [5.74, 6) is -2.14. The molecule has 26 heavy (non-hydrogen) atoms. The van der Waals surface area contributed by atoms with E-state index in [1.807, 2.05) is 25.1 Å². The van der Waals surface area contributed by atoms with Gasteiger partial charge in [0.1, 0.15) is 17.1 Å². The number of aliphatic carboxylic acids is 1. The maximum atomic E-state index is 12.8. The quantitative estimate of drug-likeness (QED) is 0.774. The van der Waals surface area contributed by atoms with Crippen molar-refractivity contribution in [2.45, 2.75) is 38.3 Å². The van der Waals surface area contributed by atoms with Gasteiger partial charge in [-0.1, -0.05) is 50.1 Å². The normalized spacial score (nSPS) is 18.4. The molecule has 136 valence electrons. The van der Waals surface area contributed by atoms with E-state index in [1.54, 1.807) is 23.7 Å². The van der Waals surface area contributed by atoms with Gasteiger partial charge in [0.2, 0.25) is 0 Å². The highest BCUT2D eigenvalue weighted by Gasteiger charge is 2.47. The fourth-order valence-corrected chi connectivity index (χ4v) is 3.99. The Morgan fingerprint density at radius 1 is 1.35 bits per heavy atom. The third kappa shape index (κ3) is 3.22. The number of hydrogen-bond donors (Lipinski definition) is 2. The smallest absolute Gasteiger partial charge is 0.326 e. The van der Waals surface area contributed by atoms with Gasteiger partial charge in [0.15, 0.2) is 5.76 Å². The molecule has 2 aromatic rings. The van der Waals surface area contributed by atoms with Crippen molar-refractivity contribution in [3.05, 3.63) is 58.2 Å². The third-order valence-corrected chi connectivity index (χ3v) is 5.29. The first kappa shape index (κ1) is 18.1. The Labute approximate surface area is 155 Å². The second-order valence-electron chi connectivity index (χ2n) is 6.11. The second-order valence-corrected chi connectivity index (χ2v) is 7.04. The second kappa shape index (κ2) is 7.70. The van der Waals surface area contributed by atoms with Crippen LogP contribution in [0.15, 0.2) is 47.7 Å². The van der Waals surface area contributed by atoms with Crippen LogP contribution in [0.3, 0.4) is 0 Å². The summed E-state index contributed by atoms with van der Waals surface area (Å²) in [5, 5.41) is 22.7. The van der Waals surface area contributed by atoms with Gasteiger partial charge >= 0.3 is 5.97 Å². The van der Waals surface area contributed by atoms with Gasteiger partial charge in [0.25, 0.3) is 5.91 Å². The van der Waals surface area contributed by atoms with E-state index in [9.17, 15) is 19.8 Å². The number of rotatable bonds is 7. The summed E-state index contributed by atoms with van der Waals surface area (Å²) >= 11 is 1.34. The lowest BCUT2D eigenvalue weighted by atomic mass is 9.98. The zero-order chi connectivity index (χ0) is 18.7. The number of aliphatic hydroxyl groups is 1. The predicted molar refractivity (Wildman–Crippen MR) is 98.6 cm³/mol. The van der Waals surface area contributed by atoms with E-state index >= 15 is 0 Å². The zero-order valence-corrected chi connectivity index (χ0v) is 15.1. The van der Waals surface area contributed by atoms with Crippen molar-refractivity contribution in [1.29, 1.82) is 0 Å². The van der Waals surface area contributed by atoms with E-state index in [2.05, 4.69) is 4.98 Å². The number of nitrogens with zero attached hydrogens (tertiary/aromatic N) is 2. The topological polar surface area (TPSA) is 90.7 Å². The number of hydrogen-bond acceptors (Lipinski definition) is 5. The molecule has 2 N–H and O–H groups in total. The fourth-order valence-electron chi connectivity index (χ4n) is 3.25. The van der Waals surface area contributed by atoms with Crippen LogP contribution in [0, 0.1) is 0 Å². The molecule has 0 fully saturated rings. The van der Waals surface area contributed by atoms with Crippen LogP contribution >= 0.6 is 11.3 Å². The molecule has 3 rings (SSSR count). The molecule has 1 aliphatic heterocycles. The van der Waals surface area contributed by atoms with Crippen LogP contribution in [0.4, 0.5) is 0 Å². The van der Waals surface area contributed by atoms with Gasteiger partial charge in [-0.3, -0.25) is 4.79 Å². The summed E-state index contributed by atoms with van der Waals surface area (Å²) in [4.78, 5) is 30.3. The van der Waals surface area contributed by atoms with Gasteiger partial charge < -0.3 is 15.1 Å². The third-order valence-electron chi connectivity index (χ3n) is 4.47. The number of carbonyl (C=O) groups is 2. The van der Waals surface area contributed by atoms with E-state index < -0.39 is 29.7 Å². The summed E-state index contributed by atoms with van der Waals surface area (Å²) in [6, 6.07) is 7.34. The Morgan fingerprint density at radius 2 is 2.08 bits per heavy atom. The molecule has 0 radical (unpaired) electrons. The van der Waals surface area contributed by atoms with Crippen molar-refractivity contribution in [3.8, 4) is 0 Å². The average molecular weight is 372 g/mol.